The number of phenols is 2. The van der Waals surface area contributed by atoms with Crippen molar-refractivity contribution in [1.29, 1.82) is 0 Å². The van der Waals surface area contributed by atoms with Crippen molar-refractivity contribution in [2.75, 3.05) is 13.7 Å². The van der Waals surface area contributed by atoms with Gasteiger partial charge in [0.15, 0.2) is 22.9 Å². The van der Waals surface area contributed by atoms with Gasteiger partial charge in [-0.3, -0.25) is 63.7 Å². The molecule has 4 aromatic carbocycles. The van der Waals surface area contributed by atoms with Crippen LogP contribution in [0.1, 0.15) is 105 Å². The van der Waals surface area contributed by atoms with Gasteiger partial charge in [-0.05, 0) is 181 Å². The lowest BCUT2D eigenvalue weighted by Gasteiger charge is -2.10. The third-order valence-corrected chi connectivity index (χ3v) is 19.1. The van der Waals surface area contributed by atoms with Crippen LogP contribution in [0.15, 0.2) is 336 Å². The lowest BCUT2D eigenvalue weighted by Crippen LogP contribution is -2.37. The quantitative estimate of drug-likeness (QED) is 0.0109. The number of methoxy groups -OCH3 is 1. The fourth-order valence-corrected chi connectivity index (χ4v) is 12.1. The predicted molar refractivity (Wildman–Crippen MR) is 502 cm³/mol. The van der Waals surface area contributed by atoms with Gasteiger partial charge in [0.25, 0.3) is 41.1 Å². The maximum absolute atomic E-state index is 12.1. The molecule has 136 heavy (non-hydrogen) atoms. The van der Waals surface area contributed by atoms with Crippen molar-refractivity contribution in [1.82, 2.24) is 88.3 Å². The number of aromatic amines is 1. The van der Waals surface area contributed by atoms with Gasteiger partial charge in [-0.1, -0.05) is 59.8 Å². The van der Waals surface area contributed by atoms with E-state index in [0.717, 1.165) is 37.9 Å². The smallest absolute Gasteiger partial charge is 0.291 e. The maximum atomic E-state index is 12.1. The van der Waals surface area contributed by atoms with Crippen molar-refractivity contribution in [3.63, 3.8) is 0 Å². The summed E-state index contributed by atoms with van der Waals surface area (Å²) in [5, 5.41) is 77.7. The molecule has 0 fully saturated rings. The van der Waals surface area contributed by atoms with Gasteiger partial charge in [-0.15, -0.1) is 27.8 Å². The number of nitrogens with one attached hydrogen (secondary N) is 10. The first kappa shape index (κ1) is 99.5. The van der Waals surface area contributed by atoms with Gasteiger partial charge in [-0.2, -0.15) is 40.8 Å². The molecule has 12 heterocycles. The van der Waals surface area contributed by atoms with Crippen LogP contribution in [-0.2, 0) is 52.7 Å². The molecule has 696 valence electrons. The second kappa shape index (κ2) is 54.0. The van der Waals surface area contributed by atoms with Crippen LogP contribution in [0.5, 0.6) is 17.2 Å². The van der Waals surface area contributed by atoms with E-state index in [1.54, 1.807) is 176 Å². The molecule has 16 aromatic rings. The summed E-state index contributed by atoms with van der Waals surface area (Å²) in [6.07, 6.45) is 25.2. The molecule has 1 atom stereocenters. The molecule has 12 N–H and O–H groups in total. The number of benzene rings is 4. The first-order valence-corrected chi connectivity index (χ1v) is 41.9. The van der Waals surface area contributed by atoms with Crippen LogP contribution in [0.3, 0.4) is 0 Å². The molecule has 0 aliphatic carbocycles. The fourth-order valence-electron chi connectivity index (χ4n) is 10.8. The minimum absolute atomic E-state index is 0.0363. The summed E-state index contributed by atoms with van der Waals surface area (Å²) in [7, 11) is 5.07. The Labute approximate surface area is 779 Å². The summed E-state index contributed by atoms with van der Waals surface area (Å²) >= 11 is 3.15. The maximum Gasteiger partial charge on any atom is 0.291 e. The highest BCUT2D eigenvalue weighted by Gasteiger charge is 2.21. The summed E-state index contributed by atoms with van der Waals surface area (Å²) in [4.78, 5) is 106. The molecule has 0 spiro atoms. The number of aromatic nitrogens is 8. The number of thiophene rings is 2. The Morgan fingerprint density at radius 3 is 1.74 bits per heavy atom. The zero-order valence-electron chi connectivity index (χ0n) is 72.4. The minimum Gasteiger partial charge on any atom is -0.507 e. The number of nitro groups is 1. The number of fused-ring (bicyclic) bond motifs is 1. The Bertz CT molecular complexity index is 6630. The van der Waals surface area contributed by atoms with Crippen LogP contribution in [0, 0.1) is 10.1 Å². The zero-order valence-corrected chi connectivity index (χ0v) is 74.1. The van der Waals surface area contributed by atoms with Crippen molar-refractivity contribution in [3.05, 3.63) is 362 Å². The number of amides is 8. The van der Waals surface area contributed by atoms with Crippen LogP contribution in [0.2, 0.25) is 0 Å². The second-order valence-corrected chi connectivity index (χ2v) is 29.0. The van der Waals surface area contributed by atoms with E-state index >= 15 is 0 Å². The fraction of sp³-hybridized carbons (Fsp3) is 0.0989. The van der Waals surface area contributed by atoms with Crippen molar-refractivity contribution >= 4 is 130 Å². The molecule has 0 aliphatic rings. The largest absolute Gasteiger partial charge is 0.507 e. The number of allylic oxidation sites excluding steroid dienone is 1. The highest BCUT2D eigenvalue weighted by Crippen LogP contribution is 2.29. The summed E-state index contributed by atoms with van der Waals surface area (Å²) < 4.78 is 40.3. The topological polar surface area (TPSA) is 573 Å². The standard InChI is InChI=1S/C15H12N4O2S.C14H13N5O2.C14H13N3O4.C13H14N4O3.C12H9N3O4.C12H13N3O2.C11H12N2O2S/c20-15(19-16-7-1-4-11-5-2-8-21-11)13-10-12(17-18-13)14-6-3-9-22-14;1-10(14(20)17-15-9-11-5-4-8-21-11)19-13-7-3-2-6-12(13)16-18-19;18-12-6-2-1-5-11(12)14(20)15-9-13(19)17-16-8-10-4-3-7-21-10;1-17-7-6-10(16-17)13(19)15-14-8-9-4-3-5-11(20-2)12(9)18;16-12(14-13-8-9-4-3-7-19-9)10-5-1-2-6-11(10)15(17)18;1-15-6-2-4-10(15)8-12(16)14-13-9-11-5-3-7-17-11;14-11(7-10-4-2-6-16-10)13-12-8-9-3-1-5-15-9/h1-10H,(H,17,18)(H,19,20);2-10H,1H3,(H,17,20);1-8,18H,9H2,(H,15,20)(H,17,19);3-8,18H,1-2H3,(H,15,19);1-8H,(H,14,16);2-7,9H,8H2,1H3,(H,14,16);1-6,12H,7-8H2,(H,13,14)/b4-1+,16-7-;15-9+;16-8+;14-8+;13-8+;13-9-;. The summed E-state index contributed by atoms with van der Waals surface area (Å²) in [6, 6.07) is 59.4. The Morgan fingerprint density at radius 2 is 1.14 bits per heavy atom. The van der Waals surface area contributed by atoms with E-state index in [0.29, 0.717) is 59.5 Å². The number of phenolic OH excluding ortho intramolecular Hbond substituents is 2. The molecule has 1 unspecified atom stereocenters. The van der Waals surface area contributed by atoms with Crippen LogP contribution in [0.4, 0.5) is 5.69 Å². The molecule has 0 aliphatic heterocycles. The first-order chi connectivity index (χ1) is 66.1. The number of aromatic hydroxyl groups is 2. The number of furan rings is 6. The van der Waals surface area contributed by atoms with Crippen molar-refractivity contribution in [2.24, 2.45) is 44.7 Å². The van der Waals surface area contributed by atoms with Crippen LogP contribution < -0.4 is 53.5 Å². The van der Waals surface area contributed by atoms with E-state index in [1.807, 2.05) is 107 Å². The molecule has 8 amide bonds. The number of H-pyrrole nitrogens is 1. The van der Waals surface area contributed by atoms with E-state index < -0.39 is 34.6 Å². The Hall–Kier alpha value is -18.7. The number of carbonyl (C=O) groups is 8. The van der Waals surface area contributed by atoms with Gasteiger partial charge >= 0.3 is 0 Å². The number of hydrogen-bond donors (Lipinski definition) is 12. The number of carbonyl (C=O) groups excluding carboxylic acids is 8. The minimum atomic E-state index is -0.657. The van der Waals surface area contributed by atoms with Gasteiger partial charge in [0.1, 0.15) is 57.4 Å². The molecular weight excluding hydrogens is 1800 g/mol. The molecule has 0 saturated heterocycles. The average molecular weight is 1880 g/mol. The number of hydrazone groups is 6. The molecule has 0 bridgehead atoms. The lowest BCUT2D eigenvalue weighted by atomic mass is 10.2. The summed E-state index contributed by atoms with van der Waals surface area (Å²) in [5.74, 6) is 0.789. The van der Waals surface area contributed by atoms with E-state index in [-0.39, 0.29) is 69.9 Å². The van der Waals surface area contributed by atoms with Crippen LogP contribution in [0.25, 0.3) is 27.7 Å². The molecular formula is C91H86N24O19S2. The summed E-state index contributed by atoms with van der Waals surface area (Å²) in [6.45, 7) is 1.96. The number of hydrogen-bond acceptors (Lipinski definition) is 32. The van der Waals surface area contributed by atoms with Gasteiger partial charge < -0.3 is 51.3 Å². The molecule has 45 heteroatoms. The first-order valence-electron chi connectivity index (χ1n) is 40.2. The summed E-state index contributed by atoms with van der Waals surface area (Å²) in [5.41, 5.74) is 23.6. The zero-order chi connectivity index (χ0) is 96.4. The van der Waals surface area contributed by atoms with Crippen molar-refractivity contribution in [3.8, 4) is 27.8 Å². The molecule has 0 saturated carbocycles. The normalized spacial score (nSPS) is 11.1. The number of nitro benzene ring substituents is 1. The monoisotopic (exact) mass is 1880 g/mol. The van der Waals surface area contributed by atoms with E-state index in [2.05, 4.69) is 105 Å². The Morgan fingerprint density at radius 1 is 0.551 bits per heavy atom. The van der Waals surface area contributed by atoms with Crippen LogP contribution >= 0.6 is 22.7 Å². The van der Waals surface area contributed by atoms with E-state index in [9.17, 15) is 58.7 Å². The number of nitrogens with zero attached hydrogens (tertiary/aromatic N) is 14. The molecule has 43 nitrogen and oxygen atoms in total. The van der Waals surface area contributed by atoms with Crippen molar-refractivity contribution in [2.45, 2.75) is 32.4 Å². The second-order valence-electron chi connectivity index (χ2n) is 27.0. The lowest BCUT2D eigenvalue weighted by molar-refractivity contribution is -0.385. The van der Waals surface area contributed by atoms with Gasteiger partial charge in [-0.25, -0.2) is 42.7 Å². The van der Waals surface area contributed by atoms with Crippen molar-refractivity contribution < 1.29 is 84.7 Å². The van der Waals surface area contributed by atoms with Gasteiger partial charge in [0.05, 0.1) is 128 Å². The SMILES string of the molecule is CC(C(=O)N/N=C/c1ccco1)n1nnc2ccccc21.COc1cccc(/C=N/NC(=O)c2ccn(C)n2)c1O.Cn1cccc1CC(=O)N/N=C\c1ccco1.O=C(CNC(=O)c1ccccc1O)N/N=C/c1ccco1.O=C(Cc1cccs1)NNCc1ccco1.O=C(N/N=C/c1ccco1)c1ccccc1[N+](=O)[O-].O=C(N/N=C\C=C\c1ccco1)c1cc(-c2cccs2)[nH]n1. The third kappa shape index (κ3) is 33.4. The van der Waals surface area contributed by atoms with Gasteiger partial charge in [0.2, 0.25) is 11.8 Å². The highest BCUT2D eigenvalue weighted by molar-refractivity contribution is 7.13. The number of para-hydroxylation sites is 4. The van der Waals surface area contributed by atoms with E-state index in [1.165, 1.54) is 104 Å². The van der Waals surface area contributed by atoms with Gasteiger partial charge in [0, 0.05) is 54.9 Å². The number of ether oxygens (including phenoxy) is 1. The number of aryl methyl sites for hydroxylation is 2. The Balaban J connectivity index is 0.000000164. The van der Waals surface area contributed by atoms with Crippen LogP contribution in [-0.4, -0.2) is 153 Å². The predicted octanol–water partition coefficient (Wildman–Crippen LogP) is 11.6. The number of rotatable bonds is 31. The third-order valence-electron chi connectivity index (χ3n) is 17.4. The average Bonchev–Trinajstić information content (AvgIpc) is 1.67. The Kier molecular flexibility index (Phi) is 39.5. The molecule has 0 radical (unpaired) electrons. The number of hydrazine groups is 1. The highest BCUT2D eigenvalue weighted by atomic mass is 32.1. The molecule has 16 rings (SSSR count). The van der Waals surface area contributed by atoms with E-state index in [4.69, 9.17) is 31.2 Å². The molecule has 12 aromatic heterocycles.